The smallest absolute Gasteiger partial charge is 0.322 e. The first-order valence-electron chi connectivity index (χ1n) is 6.53. The number of pyridine rings is 1. The zero-order chi connectivity index (χ0) is 16.3. The molecule has 1 aliphatic heterocycles. The van der Waals surface area contributed by atoms with Crippen LogP contribution in [0.25, 0.3) is 0 Å². The molecular weight excluding hydrogens is 312 g/mol. The second-order valence-electron chi connectivity index (χ2n) is 4.52. The summed E-state index contributed by atoms with van der Waals surface area (Å²) < 4.78 is 0. The van der Waals surface area contributed by atoms with Crippen LogP contribution in [0.1, 0.15) is 13.3 Å². The number of nitrogens with one attached hydrogen (secondary N) is 1. The molecule has 0 aromatic carbocycles. The number of anilines is 1. The van der Waals surface area contributed by atoms with Crippen LogP contribution in [0.5, 0.6) is 0 Å². The van der Waals surface area contributed by atoms with Gasteiger partial charge in [-0.15, -0.1) is 0 Å². The molecule has 1 fully saturated rings. The van der Waals surface area contributed by atoms with Crippen molar-refractivity contribution in [2.45, 2.75) is 13.3 Å². The molecule has 1 aliphatic rings. The standard InChI is InChI=1S/C13H13ClN4O4/c1-2-6-17-11(20)12(21)18(13(17)22)7-9(19)16-8-4-3-5-15-10(8)14/h3-5H,2,6-7H2,1H3,(H,16,19). The Morgan fingerprint density at radius 2 is 1.95 bits per heavy atom. The Labute approximate surface area is 131 Å². The average molecular weight is 325 g/mol. The zero-order valence-electron chi connectivity index (χ0n) is 11.7. The lowest BCUT2D eigenvalue weighted by Crippen LogP contribution is -2.39. The lowest BCUT2D eigenvalue weighted by atomic mass is 10.4. The highest BCUT2D eigenvalue weighted by molar-refractivity contribution is 6.45. The van der Waals surface area contributed by atoms with Crippen molar-refractivity contribution in [1.82, 2.24) is 14.8 Å². The van der Waals surface area contributed by atoms with Crippen LogP contribution >= 0.6 is 11.6 Å². The minimum Gasteiger partial charge on any atom is -0.322 e. The number of halogens is 1. The van der Waals surface area contributed by atoms with Crippen LogP contribution in [0.2, 0.25) is 5.15 Å². The molecular formula is C13H13ClN4O4. The number of urea groups is 1. The van der Waals surface area contributed by atoms with Crippen LogP contribution in [0.15, 0.2) is 18.3 Å². The highest BCUT2D eigenvalue weighted by Crippen LogP contribution is 2.18. The first-order chi connectivity index (χ1) is 10.5. The van der Waals surface area contributed by atoms with Crippen LogP contribution in [0.4, 0.5) is 10.5 Å². The molecule has 0 aliphatic carbocycles. The van der Waals surface area contributed by atoms with Gasteiger partial charge in [-0.3, -0.25) is 19.3 Å². The van der Waals surface area contributed by atoms with E-state index in [0.717, 1.165) is 4.90 Å². The highest BCUT2D eigenvalue weighted by atomic mass is 35.5. The molecule has 0 bridgehead atoms. The number of imide groups is 2. The fourth-order valence-corrected chi connectivity index (χ4v) is 2.09. The Kier molecular flexibility index (Phi) is 4.71. The Hall–Kier alpha value is -2.48. The molecule has 116 valence electrons. The molecule has 0 spiro atoms. The van der Waals surface area contributed by atoms with Crippen molar-refractivity contribution >= 4 is 41.0 Å². The van der Waals surface area contributed by atoms with Crippen molar-refractivity contribution in [2.24, 2.45) is 0 Å². The van der Waals surface area contributed by atoms with E-state index in [1.807, 2.05) is 0 Å². The third kappa shape index (κ3) is 3.06. The Balaban J connectivity index is 2.05. The molecule has 9 heteroatoms. The van der Waals surface area contributed by atoms with Crippen molar-refractivity contribution in [1.29, 1.82) is 0 Å². The largest absolute Gasteiger partial charge is 0.334 e. The molecule has 5 amide bonds. The van der Waals surface area contributed by atoms with E-state index < -0.39 is 30.3 Å². The quantitative estimate of drug-likeness (QED) is 0.492. The number of nitrogens with zero attached hydrogens (tertiary/aromatic N) is 3. The van der Waals surface area contributed by atoms with E-state index in [2.05, 4.69) is 10.3 Å². The predicted molar refractivity (Wildman–Crippen MR) is 77.0 cm³/mol. The monoisotopic (exact) mass is 324 g/mol. The summed E-state index contributed by atoms with van der Waals surface area (Å²) >= 11 is 5.79. The minimum atomic E-state index is -1.01. The molecule has 0 unspecified atom stereocenters. The van der Waals surface area contributed by atoms with E-state index in [1.54, 1.807) is 13.0 Å². The van der Waals surface area contributed by atoms with E-state index >= 15 is 0 Å². The molecule has 0 atom stereocenters. The summed E-state index contributed by atoms with van der Waals surface area (Å²) in [4.78, 5) is 52.5. The van der Waals surface area contributed by atoms with Crippen LogP contribution in [0, 0.1) is 0 Å². The van der Waals surface area contributed by atoms with Gasteiger partial charge in [-0.25, -0.2) is 14.7 Å². The highest BCUT2D eigenvalue weighted by Gasteiger charge is 2.44. The minimum absolute atomic E-state index is 0.0820. The van der Waals surface area contributed by atoms with Gasteiger partial charge in [-0.2, -0.15) is 0 Å². The summed E-state index contributed by atoms with van der Waals surface area (Å²) in [6.07, 6.45) is 1.98. The van der Waals surface area contributed by atoms with Crippen molar-refractivity contribution in [2.75, 3.05) is 18.4 Å². The van der Waals surface area contributed by atoms with E-state index in [4.69, 9.17) is 11.6 Å². The summed E-state index contributed by atoms with van der Waals surface area (Å²) in [6, 6.07) is 2.31. The lowest BCUT2D eigenvalue weighted by Gasteiger charge is -2.14. The Bertz CT molecular complexity index is 649. The van der Waals surface area contributed by atoms with Crippen LogP contribution in [-0.2, 0) is 14.4 Å². The van der Waals surface area contributed by atoms with Crippen molar-refractivity contribution in [3.63, 3.8) is 0 Å². The molecule has 1 aromatic rings. The number of rotatable bonds is 5. The van der Waals surface area contributed by atoms with E-state index in [-0.39, 0.29) is 17.4 Å². The normalized spacial score (nSPS) is 14.7. The van der Waals surface area contributed by atoms with Gasteiger partial charge in [-0.1, -0.05) is 18.5 Å². The molecule has 2 rings (SSSR count). The summed E-state index contributed by atoms with van der Waals surface area (Å²) in [5, 5.41) is 2.51. The maximum atomic E-state index is 12.0. The Morgan fingerprint density at radius 1 is 1.27 bits per heavy atom. The van der Waals surface area contributed by atoms with Crippen LogP contribution in [-0.4, -0.2) is 51.6 Å². The number of carbonyl (C=O) groups excluding carboxylic acids is 4. The molecule has 8 nitrogen and oxygen atoms in total. The second-order valence-corrected chi connectivity index (χ2v) is 4.88. The molecule has 1 aromatic heterocycles. The fourth-order valence-electron chi connectivity index (χ4n) is 1.92. The molecule has 1 saturated heterocycles. The number of aromatic nitrogens is 1. The first kappa shape index (κ1) is 15.9. The van der Waals surface area contributed by atoms with Gasteiger partial charge in [-0.05, 0) is 18.6 Å². The van der Waals surface area contributed by atoms with Crippen LogP contribution < -0.4 is 5.32 Å². The first-order valence-corrected chi connectivity index (χ1v) is 6.91. The van der Waals surface area contributed by atoms with E-state index in [9.17, 15) is 19.2 Å². The van der Waals surface area contributed by atoms with E-state index in [0.29, 0.717) is 11.3 Å². The van der Waals surface area contributed by atoms with Gasteiger partial charge in [0, 0.05) is 12.7 Å². The average Bonchev–Trinajstić information content (AvgIpc) is 2.68. The molecule has 2 heterocycles. The van der Waals surface area contributed by atoms with Gasteiger partial charge >= 0.3 is 17.8 Å². The zero-order valence-corrected chi connectivity index (χ0v) is 12.5. The number of carbonyl (C=O) groups is 4. The summed E-state index contributed by atoms with van der Waals surface area (Å²) in [5.41, 5.74) is 0.255. The van der Waals surface area contributed by atoms with Gasteiger partial charge < -0.3 is 5.32 Å². The Morgan fingerprint density at radius 3 is 2.59 bits per heavy atom. The third-order valence-corrected chi connectivity index (χ3v) is 3.22. The number of hydrogen-bond acceptors (Lipinski definition) is 5. The lowest BCUT2D eigenvalue weighted by molar-refractivity contribution is -0.143. The van der Waals surface area contributed by atoms with Gasteiger partial charge in [0.15, 0.2) is 5.15 Å². The third-order valence-electron chi connectivity index (χ3n) is 2.92. The molecule has 0 saturated carbocycles. The molecule has 0 radical (unpaired) electrons. The predicted octanol–water partition coefficient (Wildman–Crippen LogP) is 0.874. The van der Waals surface area contributed by atoms with Gasteiger partial charge in [0.2, 0.25) is 5.91 Å². The fraction of sp³-hybridized carbons (Fsp3) is 0.308. The second kappa shape index (κ2) is 6.52. The van der Waals surface area contributed by atoms with Crippen molar-refractivity contribution in [3.05, 3.63) is 23.5 Å². The molecule has 1 N–H and O–H groups in total. The van der Waals surface area contributed by atoms with Gasteiger partial charge in [0.25, 0.3) is 0 Å². The summed E-state index contributed by atoms with van der Waals surface area (Å²) in [7, 11) is 0. The summed E-state index contributed by atoms with van der Waals surface area (Å²) in [6.45, 7) is 1.34. The van der Waals surface area contributed by atoms with Crippen molar-refractivity contribution in [3.8, 4) is 0 Å². The maximum Gasteiger partial charge on any atom is 0.334 e. The molecule has 22 heavy (non-hydrogen) atoms. The number of hydrogen-bond donors (Lipinski definition) is 1. The SMILES string of the molecule is CCCN1C(=O)C(=O)N(CC(=O)Nc2cccnc2Cl)C1=O. The van der Waals surface area contributed by atoms with Gasteiger partial charge in [0.05, 0.1) is 5.69 Å². The van der Waals surface area contributed by atoms with Gasteiger partial charge in [0.1, 0.15) is 6.54 Å². The van der Waals surface area contributed by atoms with Crippen molar-refractivity contribution < 1.29 is 19.2 Å². The number of amides is 5. The van der Waals surface area contributed by atoms with Crippen LogP contribution in [0.3, 0.4) is 0 Å². The topological polar surface area (TPSA) is 99.7 Å². The summed E-state index contributed by atoms with van der Waals surface area (Å²) in [5.74, 6) is -2.58. The maximum absolute atomic E-state index is 12.0. The van der Waals surface area contributed by atoms with E-state index in [1.165, 1.54) is 12.3 Å².